The minimum absolute atomic E-state index is 0.117. The number of carbonyl (C=O) groups is 1. The van der Waals surface area contributed by atoms with Crippen molar-refractivity contribution in [3.8, 4) is 0 Å². The standard InChI is InChI=1S/C20H25F3N2O3S/c21-20(22,23)29-17-4-1-15(2-5-17)3-6-19(26)24-13-18(16-7-10-28-14-16)25-8-11-27-12-9-25/h1-6,16,18H,7-14H2,(H,24,26)/b6-3+. The highest BCUT2D eigenvalue weighted by molar-refractivity contribution is 8.00. The zero-order valence-electron chi connectivity index (χ0n) is 16.0. The van der Waals surface area contributed by atoms with Crippen molar-refractivity contribution in [3.05, 3.63) is 35.9 Å². The second-order valence-electron chi connectivity index (χ2n) is 7.03. The second kappa shape index (κ2) is 10.5. The lowest BCUT2D eigenvalue weighted by Crippen LogP contribution is -2.52. The number of rotatable bonds is 7. The normalized spacial score (nSPS) is 22.1. The molecule has 1 aromatic rings. The van der Waals surface area contributed by atoms with Gasteiger partial charge >= 0.3 is 5.51 Å². The van der Waals surface area contributed by atoms with Crippen molar-refractivity contribution in [2.75, 3.05) is 46.1 Å². The van der Waals surface area contributed by atoms with Gasteiger partial charge in [-0.05, 0) is 42.0 Å². The van der Waals surface area contributed by atoms with E-state index in [1.165, 1.54) is 18.2 Å². The van der Waals surface area contributed by atoms with Crippen LogP contribution in [-0.2, 0) is 14.3 Å². The van der Waals surface area contributed by atoms with Gasteiger partial charge in [0.2, 0.25) is 5.91 Å². The predicted molar refractivity (Wildman–Crippen MR) is 106 cm³/mol. The van der Waals surface area contributed by atoms with Gasteiger partial charge in [0.05, 0.1) is 19.8 Å². The molecule has 1 amide bonds. The summed E-state index contributed by atoms with van der Waals surface area (Å²) in [4.78, 5) is 14.7. The van der Waals surface area contributed by atoms with Crippen LogP contribution in [0.25, 0.3) is 6.08 Å². The molecular formula is C20H25F3N2O3S. The van der Waals surface area contributed by atoms with E-state index in [1.807, 2.05) is 0 Å². The molecular weight excluding hydrogens is 405 g/mol. The molecule has 2 fully saturated rings. The number of benzene rings is 1. The van der Waals surface area contributed by atoms with Crippen LogP contribution in [0.2, 0.25) is 0 Å². The van der Waals surface area contributed by atoms with Crippen LogP contribution in [0.4, 0.5) is 13.2 Å². The Morgan fingerprint density at radius 3 is 2.55 bits per heavy atom. The van der Waals surface area contributed by atoms with Gasteiger partial charge in [0, 0.05) is 49.2 Å². The van der Waals surface area contributed by atoms with Crippen molar-refractivity contribution >= 4 is 23.7 Å². The molecule has 0 saturated carbocycles. The molecule has 160 valence electrons. The Hall–Kier alpha value is -1.55. The molecule has 5 nitrogen and oxygen atoms in total. The number of hydrogen-bond acceptors (Lipinski definition) is 5. The van der Waals surface area contributed by atoms with Gasteiger partial charge in [-0.3, -0.25) is 9.69 Å². The van der Waals surface area contributed by atoms with Crippen molar-refractivity contribution in [1.29, 1.82) is 0 Å². The van der Waals surface area contributed by atoms with E-state index >= 15 is 0 Å². The van der Waals surface area contributed by atoms with E-state index in [9.17, 15) is 18.0 Å². The molecule has 2 unspecified atom stereocenters. The molecule has 29 heavy (non-hydrogen) atoms. The number of alkyl halides is 3. The van der Waals surface area contributed by atoms with Crippen LogP contribution >= 0.6 is 11.8 Å². The predicted octanol–water partition coefficient (Wildman–Crippen LogP) is 3.17. The summed E-state index contributed by atoms with van der Waals surface area (Å²) < 4.78 is 48.1. The topological polar surface area (TPSA) is 50.8 Å². The van der Waals surface area contributed by atoms with E-state index in [-0.39, 0.29) is 28.6 Å². The summed E-state index contributed by atoms with van der Waals surface area (Å²) in [5, 5.41) is 2.95. The Balaban J connectivity index is 1.51. The Kier molecular flexibility index (Phi) is 7.99. The third-order valence-corrected chi connectivity index (χ3v) is 5.79. The van der Waals surface area contributed by atoms with Crippen molar-refractivity contribution in [2.45, 2.75) is 22.9 Å². The minimum atomic E-state index is -4.31. The Bertz CT molecular complexity index is 685. The largest absolute Gasteiger partial charge is 0.446 e. The van der Waals surface area contributed by atoms with Crippen LogP contribution in [0.15, 0.2) is 35.2 Å². The van der Waals surface area contributed by atoms with E-state index in [1.54, 1.807) is 18.2 Å². The summed E-state index contributed by atoms with van der Waals surface area (Å²) in [6, 6.07) is 6.11. The van der Waals surface area contributed by atoms with Crippen LogP contribution in [-0.4, -0.2) is 68.4 Å². The van der Waals surface area contributed by atoms with Crippen molar-refractivity contribution < 1.29 is 27.4 Å². The molecule has 2 aliphatic heterocycles. The van der Waals surface area contributed by atoms with Crippen molar-refractivity contribution in [2.24, 2.45) is 5.92 Å². The fourth-order valence-electron chi connectivity index (χ4n) is 3.58. The molecule has 0 spiro atoms. The molecule has 9 heteroatoms. The highest BCUT2D eigenvalue weighted by Gasteiger charge is 2.31. The first-order valence-corrected chi connectivity index (χ1v) is 10.4. The number of amides is 1. The summed E-state index contributed by atoms with van der Waals surface area (Å²) in [7, 11) is 0. The number of hydrogen-bond donors (Lipinski definition) is 1. The van der Waals surface area contributed by atoms with E-state index < -0.39 is 5.51 Å². The van der Waals surface area contributed by atoms with Gasteiger partial charge in [-0.1, -0.05) is 12.1 Å². The minimum Gasteiger partial charge on any atom is -0.381 e. The summed E-state index contributed by atoms with van der Waals surface area (Å²) in [5.41, 5.74) is -3.64. The summed E-state index contributed by atoms with van der Waals surface area (Å²) >= 11 is -0.157. The van der Waals surface area contributed by atoms with Gasteiger partial charge in [0.25, 0.3) is 0 Å². The molecule has 2 aliphatic rings. The summed E-state index contributed by atoms with van der Waals surface area (Å²) in [6.45, 7) is 5.06. The fourth-order valence-corrected chi connectivity index (χ4v) is 4.12. The first-order valence-electron chi connectivity index (χ1n) is 9.62. The molecule has 0 aromatic heterocycles. The zero-order chi connectivity index (χ0) is 20.7. The van der Waals surface area contributed by atoms with Crippen LogP contribution in [0.3, 0.4) is 0 Å². The van der Waals surface area contributed by atoms with Gasteiger partial charge in [-0.15, -0.1) is 0 Å². The molecule has 0 aliphatic carbocycles. The first-order chi connectivity index (χ1) is 13.9. The smallest absolute Gasteiger partial charge is 0.381 e. The summed E-state index contributed by atoms with van der Waals surface area (Å²) in [5.74, 6) is 0.159. The molecule has 3 rings (SSSR count). The maximum Gasteiger partial charge on any atom is 0.446 e. The molecule has 0 bridgehead atoms. The number of halogens is 3. The van der Waals surface area contributed by atoms with E-state index in [2.05, 4.69) is 10.2 Å². The average Bonchev–Trinajstić information content (AvgIpc) is 3.22. The van der Waals surface area contributed by atoms with Gasteiger partial charge in [0.15, 0.2) is 0 Å². The van der Waals surface area contributed by atoms with Crippen LogP contribution in [0, 0.1) is 5.92 Å². The molecule has 2 atom stereocenters. The Labute approximate surface area is 172 Å². The fraction of sp³-hybridized carbons (Fsp3) is 0.550. The van der Waals surface area contributed by atoms with Crippen LogP contribution in [0.5, 0.6) is 0 Å². The van der Waals surface area contributed by atoms with E-state index in [4.69, 9.17) is 9.47 Å². The van der Waals surface area contributed by atoms with Gasteiger partial charge < -0.3 is 14.8 Å². The summed E-state index contributed by atoms with van der Waals surface area (Å²) in [6.07, 6.45) is 3.99. The van der Waals surface area contributed by atoms with Gasteiger partial charge in [-0.25, -0.2) is 0 Å². The molecule has 1 aromatic carbocycles. The second-order valence-corrected chi connectivity index (χ2v) is 8.17. The third-order valence-electron chi connectivity index (χ3n) is 5.05. The lowest BCUT2D eigenvalue weighted by molar-refractivity contribution is -0.116. The van der Waals surface area contributed by atoms with E-state index in [0.29, 0.717) is 37.8 Å². The number of morpholine rings is 1. The van der Waals surface area contributed by atoms with Crippen molar-refractivity contribution in [1.82, 2.24) is 10.2 Å². The van der Waals surface area contributed by atoms with Gasteiger partial charge in [-0.2, -0.15) is 13.2 Å². The lowest BCUT2D eigenvalue weighted by atomic mass is 9.97. The Morgan fingerprint density at radius 2 is 1.93 bits per heavy atom. The zero-order valence-corrected chi connectivity index (χ0v) is 16.8. The quantitative estimate of drug-likeness (QED) is 0.532. The highest BCUT2D eigenvalue weighted by Crippen LogP contribution is 2.36. The number of nitrogens with zero attached hydrogens (tertiary/aromatic N) is 1. The monoisotopic (exact) mass is 430 g/mol. The highest BCUT2D eigenvalue weighted by atomic mass is 32.2. The van der Waals surface area contributed by atoms with Crippen molar-refractivity contribution in [3.63, 3.8) is 0 Å². The number of nitrogens with one attached hydrogen (secondary N) is 1. The number of carbonyl (C=O) groups excluding carboxylic acids is 1. The van der Waals surface area contributed by atoms with Crippen LogP contribution < -0.4 is 5.32 Å². The number of thioether (sulfide) groups is 1. The average molecular weight is 430 g/mol. The SMILES string of the molecule is O=C(/C=C/c1ccc(SC(F)(F)F)cc1)NCC(C1CCOC1)N1CCOCC1. The Morgan fingerprint density at radius 1 is 1.21 bits per heavy atom. The number of ether oxygens (including phenoxy) is 2. The van der Waals surface area contributed by atoms with E-state index in [0.717, 1.165) is 26.1 Å². The first kappa shape index (κ1) is 22.1. The maximum atomic E-state index is 12.4. The van der Waals surface area contributed by atoms with Gasteiger partial charge in [0.1, 0.15) is 0 Å². The van der Waals surface area contributed by atoms with Crippen LogP contribution in [0.1, 0.15) is 12.0 Å². The maximum absolute atomic E-state index is 12.4. The lowest BCUT2D eigenvalue weighted by Gasteiger charge is -2.37. The molecule has 2 saturated heterocycles. The third kappa shape index (κ3) is 7.33. The molecule has 0 radical (unpaired) electrons. The molecule has 1 N–H and O–H groups in total. The molecule has 2 heterocycles.